The van der Waals surface area contributed by atoms with Gasteiger partial charge >= 0.3 is 6.18 Å². The van der Waals surface area contributed by atoms with E-state index in [0.29, 0.717) is 35.7 Å². The van der Waals surface area contributed by atoms with Crippen LogP contribution < -0.4 is 0 Å². The first-order valence-corrected chi connectivity index (χ1v) is 10.3. The summed E-state index contributed by atoms with van der Waals surface area (Å²) >= 11 is 1.12. The van der Waals surface area contributed by atoms with Crippen LogP contribution in [0.15, 0.2) is 48.5 Å². The molecule has 0 saturated carbocycles. The molecule has 9 heteroatoms. The molecule has 1 fully saturated rings. The number of amides is 1. The van der Waals surface area contributed by atoms with Gasteiger partial charge < -0.3 is 10.0 Å². The van der Waals surface area contributed by atoms with Crippen LogP contribution in [0.25, 0.3) is 10.6 Å². The van der Waals surface area contributed by atoms with E-state index in [1.165, 1.54) is 7.05 Å². The summed E-state index contributed by atoms with van der Waals surface area (Å²) in [5.41, 5.74) is -0.771. The molecule has 0 unspecified atom stereocenters. The lowest BCUT2D eigenvalue weighted by molar-refractivity contribution is -0.143. The average Bonchev–Trinajstić information content (AvgIpc) is 3.35. The summed E-state index contributed by atoms with van der Waals surface area (Å²) in [5.74, 6) is -0.187. The number of aryl methyl sites for hydroxylation is 1. The maximum Gasteiger partial charge on any atom is 0.433 e. The molecule has 5 nitrogen and oxygen atoms in total. The molecule has 30 heavy (non-hydrogen) atoms. The number of carbonyl (C=O) groups excluding carboxylic acids is 1. The highest BCUT2D eigenvalue weighted by atomic mass is 32.1. The normalized spacial score (nSPS) is 16.6. The van der Waals surface area contributed by atoms with Gasteiger partial charge in [-0.15, -0.1) is 11.3 Å². The molecule has 0 radical (unpaired) electrons. The van der Waals surface area contributed by atoms with Gasteiger partial charge in [0.15, 0.2) is 0 Å². The summed E-state index contributed by atoms with van der Waals surface area (Å²) in [5, 5.41) is 14.9. The Morgan fingerprint density at radius 1 is 1.13 bits per heavy atom. The molecular weight excluding hydrogens is 415 g/mol. The van der Waals surface area contributed by atoms with E-state index in [1.54, 1.807) is 17.0 Å². The standard InChI is InChI=1S/C21H20F3N3O2S/c1-26-18(21(22,23)24)13-15(25-26)16-7-8-17(30-16)19(28)27-11-9-20(29,10-12-27)14-5-3-2-4-6-14/h2-8,13,29H,9-12H2,1H3. The molecule has 0 aliphatic carbocycles. The van der Waals surface area contributed by atoms with Gasteiger partial charge in [-0.1, -0.05) is 30.3 Å². The van der Waals surface area contributed by atoms with Crippen molar-refractivity contribution in [2.24, 2.45) is 7.05 Å². The molecule has 158 valence electrons. The Bertz CT molecular complexity index is 1050. The number of nitrogens with zero attached hydrogens (tertiary/aromatic N) is 3. The molecule has 1 N–H and O–H groups in total. The first-order valence-electron chi connectivity index (χ1n) is 9.46. The predicted molar refractivity (Wildman–Crippen MR) is 107 cm³/mol. The number of halogens is 3. The molecular formula is C21H20F3N3O2S. The van der Waals surface area contributed by atoms with Gasteiger partial charge in [0.05, 0.1) is 15.4 Å². The van der Waals surface area contributed by atoms with Crippen molar-refractivity contribution < 1.29 is 23.1 Å². The van der Waals surface area contributed by atoms with Crippen LogP contribution in [0, 0.1) is 0 Å². The second-order valence-corrected chi connectivity index (χ2v) is 8.47. The van der Waals surface area contributed by atoms with Crippen LogP contribution in [0.4, 0.5) is 13.2 Å². The Morgan fingerprint density at radius 3 is 2.40 bits per heavy atom. The van der Waals surface area contributed by atoms with E-state index in [9.17, 15) is 23.1 Å². The number of aromatic nitrogens is 2. The lowest BCUT2D eigenvalue weighted by atomic mass is 9.84. The second kappa shape index (κ2) is 7.55. The molecule has 1 aliphatic heterocycles. The van der Waals surface area contributed by atoms with Gasteiger partial charge in [0.1, 0.15) is 11.4 Å². The van der Waals surface area contributed by atoms with Crippen molar-refractivity contribution in [1.29, 1.82) is 0 Å². The highest BCUT2D eigenvalue weighted by Gasteiger charge is 2.37. The molecule has 0 atom stereocenters. The molecule has 3 aromatic rings. The SMILES string of the molecule is Cn1nc(-c2ccc(C(=O)N3CCC(O)(c4ccccc4)CC3)s2)cc1C(F)(F)F. The minimum absolute atomic E-state index is 0.186. The molecule has 0 bridgehead atoms. The van der Waals surface area contributed by atoms with Crippen molar-refractivity contribution in [2.45, 2.75) is 24.6 Å². The second-order valence-electron chi connectivity index (χ2n) is 7.39. The minimum atomic E-state index is -4.49. The lowest BCUT2D eigenvalue weighted by Gasteiger charge is -2.38. The Hall–Kier alpha value is -2.65. The van der Waals surface area contributed by atoms with Crippen molar-refractivity contribution in [3.63, 3.8) is 0 Å². The number of carbonyl (C=O) groups is 1. The number of hydrogen-bond acceptors (Lipinski definition) is 4. The van der Waals surface area contributed by atoms with Crippen LogP contribution >= 0.6 is 11.3 Å². The Kier molecular flexibility index (Phi) is 5.19. The quantitative estimate of drug-likeness (QED) is 0.668. The van der Waals surface area contributed by atoms with Crippen LogP contribution in [0.5, 0.6) is 0 Å². The summed E-state index contributed by atoms with van der Waals surface area (Å²) in [6.45, 7) is 0.804. The van der Waals surface area contributed by atoms with E-state index in [0.717, 1.165) is 27.6 Å². The van der Waals surface area contributed by atoms with Crippen molar-refractivity contribution in [2.75, 3.05) is 13.1 Å². The molecule has 3 heterocycles. The highest BCUT2D eigenvalue weighted by Crippen LogP contribution is 2.36. The zero-order valence-corrected chi connectivity index (χ0v) is 17.0. The molecule has 1 saturated heterocycles. The molecule has 1 aromatic carbocycles. The topological polar surface area (TPSA) is 58.4 Å². The third kappa shape index (κ3) is 3.87. The van der Waals surface area contributed by atoms with E-state index >= 15 is 0 Å². The first-order chi connectivity index (χ1) is 14.2. The fraction of sp³-hybridized carbons (Fsp3) is 0.333. The maximum absolute atomic E-state index is 13.0. The lowest BCUT2D eigenvalue weighted by Crippen LogP contribution is -2.45. The fourth-order valence-electron chi connectivity index (χ4n) is 3.72. The Balaban J connectivity index is 1.47. The van der Waals surface area contributed by atoms with Gasteiger partial charge in [0, 0.05) is 20.1 Å². The molecule has 1 aliphatic rings. The third-order valence-electron chi connectivity index (χ3n) is 5.43. The van der Waals surface area contributed by atoms with Crippen molar-refractivity contribution in [1.82, 2.24) is 14.7 Å². The number of rotatable bonds is 3. The summed E-state index contributed by atoms with van der Waals surface area (Å²) in [6.07, 6.45) is -3.63. The molecule has 0 spiro atoms. The predicted octanol–water partition coefficient (Wildman–Crippen LogP) is 4.29. The van der Waals surface area contributed by atoms with Gasteiger partial charge in [-0.3, -0.25) is 9.48 Å². The Labute approximate surface area is 175 Å². The van der Waals surface area contributed by atoms with E-state index in [-0.39, 0.29) is 11.6 Å². The first kappa shape index (κ1) is 20.6. The summed E-state index contributed by atoms with van der Waals surface area (Å²) in [6, 6.07) is 13.6. The number of hydrogen-bond donors (Lipinski definition) is 1. The van der Waals surface area contributed by atoms with E-state index in [4.69, 9.17) is 0 Å². The van der Waals surface area contributed by atoms with Crippen molar-refractivity contribution in [3.05, 3.63) is 64.7 Å². The molecule has 2 aromatic heterocycles. The van der Waals surface area contributed by atoms with Crippen LogP contribution in [0.1, 0.15) is 33.8 Å². The number of likely N-dealkylation sites (tertiary alicyclic amines) is 1. The van der Waals surface area contributed by atoms with E-state index in [2.05, 4.69) is 5.10 Å². The third-order valence-corrected chi connectivity index (χ3v) is 6.52. The number of thiophene rings is 1. The average molecular weight is 435 g/mol. The van der Waals surface area contributed by atoms with Gasteiger partial charge in [0.25, 0.3) is 5.91 Å². The van der Waals surface area contributed by atoms with Crippen LogP contribution in [0.2, 0.25) is 0 Å². The van der Waals surface area contributed by atoms with Gasteiger partial charge in [0.2, 0.25) is 0 Å². The van der Waals surface area contributed by atoms with Crippen molar-refractivity contribution >= 4 is 17.2 Å². The molecule has 4 rings (SSSR count). The van der Waals surface area contributed by atoms with Crippen LogP contribution in [0.3, 0.4) is 0 Å². The van der Waals surface area contributed by atoms with Gasteiger partial charge in [-0.25, -0.2) is 0 Å². The van der Waals surface area contributed by atoms with Crippen molar-refractivity contribution in [3.8, 4) is 10.6 Å². The number of aliphatic hydroxyl groups is 1. The van der Waals surface area contributed by atoms with E-state index < -0.39 is 17.5 Å². The van der Waals surface area contributed by atoms with Gasteiger partial charge in [-0.05, 0) is 36.6 Å². The minimum Gasteiger partial charge on any atom is -0.385 e. The summed E-state index contributed by atoms with van der Waals surface area (Å²) in [7, 11) is 1.24. The zero-order chi connectivity index (χ0) is 21.5. The number of benzene rings is 1. The number of piperidine rings is 1. The largest absolute Gasteiger partial charge is 0.433 e. The van der Waals surface area contributed by atoms with Crippen LogP contribution in [-0.2, 0) is 18.8 Å². The van der Waals surface area contributed by atoms with E-state index in [1.807, 2.05) is 30.3 Å². The van der Waals surface area contributed by atoms with Crippen LogP contribution in [-0.4, -0.2) is 38.8 Å². The Morgan fingerprint density at radius 2 is 1.80 bits per heavy atom. The maximum atomic E-state index is 13.0. The smallest absolute Gasteiger partial charge is 0.385 e. The molecule has 1 amide bonds. The summed E-state index contributed by atoms with van der Waals surface area (Å²) in [4.78, 5) is 15.5. The highest BCUT2D eigenvalue weighted by molar-refractivity contribution is 7.17. The number of alkyl halides is 3. The summed E-state index contributed by atoms with van der Waals surface area (Å²) < 4.78 is 39.8. The zero-order valence-electron chi connectivity index (χ0n) is 16.2. The fourth-order valence-corrected chi connectivity index (χ4v) is 4.65. The van der Waals surface area contributed by atoms with Gasteiger partial charge in [-0.2, -0.15) is 18.3 Å². The monoisotopic (exact) mass is 435 g/mol.